The van der Waals surface area contributed by atoms with Gasteiger partial charge < -0.3 is 4.74 Å². The quantitative estimate of drug-likeness (QED) is 0.419. The molecule has 166 valence electrons. The van der Waals surface area contributed by atoms with Crippen LogP contribution in [0.25, 0.3) is 6.08 Å². The number of aryl methyl sites for hydroxylation is 2. The third-order valence-electron chi connectivity index (χ3n) is 5.25. The fourth-order valence-corrected chi connectivity index (χ4v) is 3.60. The van der Waals surface area contributed by atoms with Gasteiger partial charge in [0, 0.05) is 10.6 Å². The van der Waals surface area contributed by atoms with Gasteiger partial charge in [-0.25, -0.2) is 9.69 Å². The maximum Gasteiger partial charge on any atom is 0.335 e. The van der Waals surface area contributed by atoms with Crippen molar-refractivity contribution in [3.05, 3.63) is 99.6 Å². The lowest BCUT2D eigenvalue weighted by molar-refractivity contribution is -0.122. The first-order valence-corrected chi connectivity index (χ1v) is 10.7. The monoisotopic (exact) mass is 460 g/mol. The first kappa shape index (κ1) is 22.3. The van der Waals surface area contributed by atoms with Gasteiger partial charge in [-0.3, -0.25) is 14.9 Å². The lowest BCUT2D eigenvalue weighted by atomic mass is 10.0. The summed E-state index contributed by atoms with van der Waals surface area (Å²) < 4.78 is 5.96. The van der Waals surface area contributed by atoms with Crippen LogP contribution in [-0.4, -0.2) is 17.8 Å². The number of benzene rings is 3. The van der Waals surface area contributed by atoms with Gasteiger partial charge in [0.2, 0.25) is 0 Å². The zero-order valence-electron chi connectivity index (χ0n) is 18.1. The highest BCUT2D eigenvalue weighted by Crippen LogP contribution is 2.29. The van der Waals surface area contributed by atoms with E-state index >= 15 is 0 Å². The minimum absolute atomic E-state index is 0.180. The van der Waals surface area contributed by atoms with Crippen LogP contribution in [0.1, 0.15) is 22.3 Å². The molecule has 1 aliphatic rings. The minimum Gasteiger partial charge on any atom is -0.488 e. The summed E-state index contributed by atoms with van der Waals surface area (Å²) in [7, 11) is 0. The maximum absolute atomic E-state index is 13.2. The zero-order valence-corrected chi connectivity index (χ0v) is 18.8. The summed E-state index contributed by atoms with van der Waals surface area (Å²) in [4.78, 5) is 39.2. The van der Waals surface area contributed by atoms with Gasteiger partial charge in [0.05, 0.1) is 5.69 Å². The number of amides is 4. The molecule has 0 bridgehead atoms. The van der Waals surface area contributed by atoms with Crippen LogP contribution in [0.5, 0.6) is 5.75 Å². The van der Waals surface area contributed by atoms with Crippen molar-refractivity contribution in [2.24, 2.45) is 0 Å². The molecule has 6 nitrogen and oxygen atoms in total. The Labute approximate surface area is 196 Å². The molecule has 1 N–H and O–H groups in total. The standard InChI is InChI=1S/C26H21ClN2O4/c1-16-7-10-18(11-8-16)15-33-23-6-4-3-5-19(23)13-21-24(30)28-26(32)29(25(21)31)22-14-20(27)12-9-17(22)2/h3-14H,15H2,1-2H3,(H,28,30,32)/b21-13+. The molecule has 0 spiro atoms. The smallest absolute Gasteiger partial charge is 0.335 e. The van der Waals surface area contributed by atoms with Crippen molar-refractivity contribution in [2.45, 2.75) is 20.5 Å². The van der Waals surface area contributed by atoms with Gasteiger partial charge in [0.25, 0.3) is 11.8 Å². The third kappa shape index (κ3) is 4.81. The van der Waals surface area contributed by atoms with Crippen LogP contribution in [0.4, 0.5) is 10.5 Å². The number of carbonyl (C=O) groups is 3. The number of halogens is 1. The molecule has 1 aliphatic heterocycles. The van der Waals surface area contributed by atoms with E-state index in [2.05, 4.69) is 5.32 Å². The topological polar surface area (TPSA) is 75.7 Å². The molecule has 0 radical (unpaired) electrons. The van der Waals surface area contributed by atoms with Gasteiger partial charge >= 0.3 is 6.03 Å². The van der Waals surface area contributed by atoms with Crippen molar-refractivity contribution in [2.75, 3.05) is 4.90 Å². The van der Waals surface area contributed by atoms with Crippen molar-refractivity contribution in [1.82, 2.24) is 5.32 Å². The molecule has 3 aromatic carbocycles. The normalized spacial score (nSPS) is 15.1. The number of hydrogen-bond donors (Lipinski definition) is 1. The molecule has 0 aliphatic carbocycles. The second-order valence-electron chi connectivity index (χ2n) is 7.70. The number of rotatable bonds is 5. The summed E-state index contributed by atoms with van der Waals surface area (Å²) in [6, 6.07) is 19.1. The molecular weight excluding hydrogens is 440 g/mol. The van der Waals surface area contributed by atoms with E-state index in [9.17, 15) is 14.4 Å². The number of ether oxygens (including phenoxy) is 1. The average Bonchev–Trinajstić information content (AvgIpc) is 2.79. The van der Waals surface area contributed by atoms with Crippen LogP contribution in [-0.2, 0) is 16.2 Å². The van der Waals surface area contributed by atoms with E-state index in [4.69, 9.17) is 16.3 Å². The Balaban J connectivity index is 1.66. The highest BCUT2D eigenvalue weighted by molar-refractivity contribution is 6.39. The largest absolute Gasteiger partial charge is 0.488 e. The number of barbiturate groups is 1. The predicted molar refractivity (Wildman–Crippen MR) is 127 cm³/mol. The van der Waals surface area contributed by atoms with Gasteiger partial charge in [-0.2, -0.15) is 0 Å². The Morgan fingerprint density at radius 1 is 0.970 bits per heavy atom. The Morgan fingerprint density at radius 3 is 2.45 bits per heavy atom. The Hall–Kier alpha value is -3.90. The number of hydrogen-bond acceptors (Lipinski definition) is 4. The van der Waals surface area contributed by atoms with Gasteiger partial charge in [0.1, 0.15) is 17.9 Å². The van der Waals surface area contributed by atoms with Gasteiger partial charge in [0.15, 0.2) is 0 Å². The molecule has 0 saturated carbocycles. The number of nitrogens with zero attached hydrogens (tertiary/aromatic N) is 1. The summed E-state index contributed by atoms with van der Waals surface area (Å²) in [6.45, 7) is 4.09. The Morgan fingerprint density at radius 2 is 1.70 bits per heavy atom. The van der Waals surface area contributed by atoms with Crippen LogP contribution >= 0.6 is 11.6 Å². The van der Waals surface area contributed by atoms with E-state index in [-0.39, 0.29) is 5.57 Å². The third-order valence-corrected chi connectivity index (χ3v) is 5.48. The fraction of sp³-hybridized carbons (Fsp3) is 0.115. The van der Waals surface area contributed by atoms with Crippen LogP contribution in [0.3, 0.4) is 0 Å². The van der Waals surface area contributed by atoms with Crippen LogP contribution in [0.15, 0.2) is 72.3 Å². The highest BCUT2D eigenvalue weighted by Gasteiger charge is 2.37. The van der Waals surface area contributed by atoms with Crippen LogP contribution in [0, 0.1) is 13.8 Å². The van der Waals surface area contributed by atoms with Crippen molar-refractivity contribution < 1.29 is 19.1 Å². The molecule has 0 aromatic heterocycles. The molecule has 4 rings (SSSR count). The Kier molecular flexibility index (Phi) is 6.29. The van der Waals surface area contributed by atoms with E-state index in [0.29, 0.717) is 34.2 Å². The molecule has 0 atom stereocenters. The average molecular weight is 461 g/mol. The van der Waals surface area contributed by atoms with Gasteiger partial charge in [-0.1, -0.05) is 65.7 Å². The van der Waals surface area contributed by atoms with E-state index in [1.54, 1.807) is 43.3 Å². The first-order valence-electron chi connectivity index (χ1n) is 10.3. The lowest BCUT2D eigenvalue weighted by Crippen LogP contribution is -2.54. The summed E-state index contributed by atoms with van der Waals surface area (Å²) in [5, 5.41) is 2.60. The summed E-state index contributed by atoms with van der Waals surface area (Å²) in [6.07, 6.45) is 1.43. The second kappa shape index (κ2) is 9.30. The highest BCUT2D eigenvalue weighted by atomic mass is 35.5. The minimum atomic E-state index is -0.823. The predicted octanol–water partition coefficient (Wildman–Crippen LogP) is 5.20. The SMILES string of the molecule is Cc1ccc(COc2ccccc2/C=C2\C(=O)NC(=O)N(c3cc(Cl)ccc3C)C2=O)cc1. The van der Waals surface area contributed by atoms with Crippen molar-refractivity contribution >= 4 is 41.2 Å². The number of carbonyl (C=O) groups excluding carboxylic acids is 3. The molecule has 0 unspecified atom stereocenters. The van der Waals surface area contributed by atoms with Crippen molar-refractivity contribution in [1.29, 1.82) is 0 Å². The Bertz CT molecular complexity index is 1280. The summed E-state index contributed by atoms with van der Waals surface area (Å²) in [5.74, 6) is -0.995. The van der Waals surface area contributed by atoms with Crippen molar-refractivity contribution in [3.63, 3.8) is 0 Å². The molecule has 3 aromatic rings. The molecular formula is C26H21ClN2O4. The summed E-state index contributed by atoms with van der Waals surface area (Å²) in [5.41, 5.74) is 3.48. The zero-order chi connectivity index (χ0) is 23.5. The van der Waals surface area contributed by atoms with Crippen LogP contribution in [0.2, 0.25) is 5.02 Å². The van der Waals surface area contributed by atoms with Gasteiger partial charge in [-0.05, 0) is 49.2 Å². The number of para-hydroxylation sites is 1. The molecule has 4 amide bonds. The fourth-order valence-electron chi connectivity index (χ4n) is 3.43. The van der Waals surface area contributed by atoms with Crippen molar-refractivity contribution in [3.8, 4) is 5.75 Å². The lowest BCUT2D eigenvalue weighted by Gasteiger charge is -2.27. The molecule has 1 heterocycles. The first-order chi connectivity index (χ1) is 15.8. The van der Waals surface area contributed by atoms with Crippen LogP contribution < -0.4 is 15.0 Å². The molecule has 1 fully saturated rings. The number of nitrogens with one attached hydrogen (secondary N) is 1. The number of urea groups is 1. The molecule has 33 heavy (non-hydrogen) atoms. The number of anilines is 1. The summed E-state index contributed by atoms with van der Waals surface area (Å²) >= 11 is 6.07. The van der Waals surface area contributed by atoms with E-state index in [0.717, 1.165) is 16.0 Å². The molecule has 7 heteroatoms. The van der Waals surface area contributed by atoms with E-state index in [1.165, 1.54) is 12.1 Å². The number of imide groups is 2. The second-order valence-corrected chi connectivity index (χ2v) is 8.14. The van der Waals surface area contributed by atoms with E-state index in [1.807, 2.05) is 31.2 Å². The molecule has 1 saturated heterocycles. The van der Waals surface area contributed by atoms with E-state index < -0.39 is 17.8 Å². The van der Waals surface area contributed by atoms with Gasteiger partial charge in [-0.15, -0.1) is 0 Å². The maximum atomic E-state index is 13.2.